The van der Waals surface area contributed by atoms with Gasteiger partial charge in [0.2, 0.25) is 0 Å². The van der Waals surface area contributed by atoms with E-state index in [0.29, 0.717) is 30.0 Å². The van der Waals surface area contributed by atoms with Crippen molar-refractivity contribution in [3.8, 4) is 11.1 Å². The number of hydrogen-bond acceptors (Lipinski definition) is 3. The molecule has 28 heavy (non-hydrogen) atoms. The fourth-order valence-electron chi connectivity index (χ4n) is 3.87. The van der Waals surface area contributed by atoms with Gasteiger partial charge in [0, 0.05) is 47.9 Å². The Morgan fingerprint density at radius 3 is 2.43 bits per heavy atom. The lowest BCUT2D eigenvalue weighted by atomic mass is 9.97. The van der Waals surface area contributed by atoms with Crippen molar-refractivity contribution in [2.45, 2.75) is 19.8 Å². The molecule has 1 aliphatic rings. The summed E-state index contributed by atoms with van der Waals surface area (Å²) in [5.74, 6) is 0.347. The van der Waals surface area contributed by atoms with Crippen molar-refractivity contribution in [2.24, 2.45) is 5.92 Å². The number of hydrogen-bond donors (Lipinski definition) is 2. The van der Waals surface area contributed by atoms with Gasteiger partial charge in [-0.2, -0.15) is 0 Å². The minimum atomic E-state index is 0.00572. The lowest BCUT2D eigenvalue weighted by Gasteiger charge is -2.31. The van der Waals surface area contributed by atoms with Crippen molar-refractivity contribution in [1.82, 2.24) is 9.88 Å². The molecule has 5 nitrogen and oxygen atoms in total. The number of aliphatic hydroxyl groups is 1. The minimum absolute atomic E-state index is 0.00572. The van der Waals surface area contributed by atoms with Crippen molar-refractivity contribution in [2.75, 3.05) is 19.7 Å². The van der Waals surface area contributed by atoms with Crippen LogP contribution in [0.25, 0.3) is 22.0 Å². The smallest absolute Gasteiger partial charge is 0.253 e. The number of carbonyl (C=O) groups is 1. The molecule has 144 valence electrons. The van der Waals surface area contributed by atoms with Crippen LogP contribution in [0.1, 0.15) is 28.9 Å². The van der Waals surface area contributed by atoms with Gasteiger partial charge < -0.3 is 15.0 Å². The first-order valence-electron chi connectivity index (χ1n) is 9.69. The molecule has 0 bridgehead atoms. The number of nitrogens with one attached hydrogen (secondary N) is 1. The normalized spacial score (nSPS) is 15.1. The summed E-state index contributed by atoms with van der Waals surface area (Å²) in [5.41, 5.74) is 4.26. The van der Waals surface area contributed by atoms with Crippen molar-refractivity contribution < 1.29 is 9.90 Å². The fraction of sp³-hybridized carbons (Fsp3) is 0.304. The second-order valence-electron chi connectivity index (χ2n) is 7.57. The van der Waals surface area contributed by atoms with E-state index in [1.54, 1.807) is 6.07 Å². The van der Waals surface area contributed by atoms with Gasteiger partial charge in [0.25, 0.3) is 5.91 Å². The number of nitrogens with zero attached hydrogens (tertiary/aromatic N) is 1. The number of piperidine rings is 1. The van der Waals surface area contributed by atoms with Crippen LogP contribution in [0.4, 0.5) is 0 Å². The van der Waals surface area contributed by atoms with E-state index in [0.717, 1.165) is 35.2 Å². The second-order valence-corrected chi connectivity index (χ2v) is 7.57. The van der Waals surface area contributed by atoms with Crippen molar-refractivity contribution in [3.63, 3.8) is 0 Å². The third-order valence-corrected chi connectivity index (χ3v) is 5.59. The van der Waals surface area contributed by atoms with Gasteiger partial charge in [-0.05, 0) is 61.1 Å². The Hall–Kier alpha value is -2.92. The summed E-state index contributed by atoms with van der Waals surface area (Å²) in [6.45, 7) is 3.46. The molecule has 0 radical (unpaired) electrons. The van der Waals surface area contributed by atoms with Gasteiger partial charge in [0.05, 0.1) is 0 Å². The van der Waals surface area contributed by atoms with Crippen LogP contribution in [0.5, 0.6) is 0 Å². The van der Waals surface area contributed by atoms with Crippen LogP contribution in [-0.2, 0) is 0 Å². The highest BCUT2D eigenvalue weighted by atomic mass is 16.3. The number of amides is 1. The maximum absolute atomic E-state index is 12.7. The first-order valence-corrected chi connectivity index (χ1v) is 9.69. The van der Waals surface area contributed by atoms with E-state index in [4.69, 9.17) is 0 Å². The van der Waals surface area contributed by atoms with Crippen LogP contribution in [0.2, 0.25) is 0 Å². The van der Waals surface area contributed by atoms with E-state index in [-0.39, 0.29) is 17.9 Å². The topological polar surface area (TPSA) is 73.4 Å². The highest BCUT2D eigenvalue weighted by Crippen LogP contribution is 2.24. The molecule has 0 atom stereocenters. The van der Waals surface area contributed by atoms with Gasteiger partial charge in [-0.3, -0.25) is 9.59 Å². The minimum Gasteiger partial charge on any atom is -0.396 e. The molecule has 5 heteroatoms. The number of pyridine rings is 1. The van der Waals surface area contributed by atoms with E-state index in [1.165, 1.54) is 0 Å². The van der Waals surface area contributed by atoms with Gasteiger partial charge in [-0.1, -0.05) is 18.2 Å². The van der Waals surface area contributed by atoms with Crippen molar-refractivity contribution in [1.29, 1.82) is 0 Å². The Bertz CT molecular complexity index is 1060. The summed E-state index contributed by atoms with van der Waals surface area (Å²) in [4.78, 5) is 30.0. The quantitative estimate of drug-likeness (QED) is 0.736. The number of benzene rings is 2. The van der Waals surface area contributed by atoms with Gasteiger partial charge >= 0.3 is 0 Å². The van der Waals surface area contributed by atoms with Gasteiger partial charge in [-0.15, -0.1) is 0 Å². The SMILES string of the molecule is Cc1cc(=O)c2cc(-c3ccc(C(=O)N4CCC(CO)CC4)cc3)ccc2[nH]1. The van der Waals surface area contributed by atoms with Crippen LogP contribution in [0.15, 0.2) is 53.3 Å². The van der Waals surface area contributed by atoms with E-state index in [1.807, 2.05) is 54.3 Å². The lowest BCUT2D eigenvalue weighted by Crippen LogP contribution is -2.39. The Morgan fingerprint density at radius 2 is 1.75 bits per heavy atom. The predicted octanol–water partition coefficient (Wildman–Crippen LogP) is 3.35. The highest BCUT2D eigenvalue weighted by Gasteiger charge is 2.23. The number of aryl methyl sites for hydroxylation is 1. The molecule has 4 rings (SSSR count). The Kier molecular flexibility index (Phi) is 5.01. The summed E-state index contributed by atoms with van der Waals surface area (Å²) < 4.78 is 0. The number of fused-ring (bicyclic) bond motifs is 1. The summed E-state index contributed by atoms with van der Waals surface area (Å²) >= 11 is 0. The largest absolute Gasteiger partial charge is 0.396 e. The van der Waals surface area contributed by atoms with Crippen molar-refractivity contribution >= 4 is 16.8 Å². The second kappa shape index (κ2) is 7.60. The number of likely N-dealkylation sites (tertiary alicyclic amines) is 1. The monoisotopic (exact) mass is 376 g/mol. The van der Waals surface area contributed by atoms with Crippen LogP contribution >= 0.6 is 0 Å². The number of rotatable bonds is 3. The predicted molar refractivity (Wildman–Crippen MR) is 110 cm³/mol. The first-order chi connectivity index (χ1) is 13.5. The Morgan fingerprint density at radius 1 is 1.07 bits per heavy atom. The van der Waals surface area contributed by atoms with Gasteiger partial charge in [0.15, 0.2) is 5.43 Å². The molecule has 1 amide bonds. The molecule has 0 spiro atoms. The Labute approximate surface area is 163 Å². The molecule has 1 saturated heterocycles. The van der Waals surface area contributed by atoms with E-state index in [9.17, 15) is 14.7 Å². The zero-order valence-corrected chi connectivity index (χ0v) is 15.9. The average molecular weight is 376 g/mol. The summed E-state index contributed by atoms with van der Waals surface area (Å²) in [7, 11) is 0. The number of aliphatic hydroxyl groups excluding tert-OH is 1. The number of H-pyrrole nitrogens is 1. The molecular weight excluding hydrogens is 352 g/mol. The number of aromatic nitrogens is 1. The third-order valence-electron chi connectivity index (χ3n) is 5.59. The van der Waals surface area contributed by atoms with Crippen LogP contribution in [0.3, 0.4) is 0 Å². The standard InChI is InChI=1S/C23H24N2O3/c1-15-12-22(27)20-13-19(6-7-21(20)24-15)17-2-4-18(5-3-17)23(28)25-10-8-16(14-26)9-11-25/h2-7,12-13,16,26H,8-11,14H2,1H3,(H,24,27). The molecule has 1 fully saturated rings. The average Bonchev–Trinajstić information content (AvgIpc) is 2.73. The Balaban J connectivity index is 1.56. The number of carbonyl (C=O) groups excluding carboxylic acids is 1. The first kappa shape index (κ1) is 18.4. The molecule has 3 aromatic rings. The van der Waals surface area contributed by atoms with E-state index < -0.39 is 0 Å². The maximum atomic E-state index is 12.7. The number of aromatic amines is 1. The molecule has 1 aromatic heterocycles. The van der Waals surface area contributed by atoms with Gasteiger partial charge in [-0.25, -0.2) is 0 Å². The summed E-state index contributed by atoms with van der Waals surface area (Å²) in [6, 6.07) is 14.9. The molecule has 0 aliphatic carbocycles. The van der Waals surface area contributed by atoms with Crippen molar-refractivity contribution in [3.05, 3.63) is 70.0 Å². The zero-order chi connectivity index (χ0) is 19.7. The molecule has 2 aromatic carbocycles. The molecule has 2 heterocycles. The molecule has 1 aliphatic heterocycles. The highest BCUT2D eigenvalue weighted by molar-refractivity contribution is 5.95. The molecule has 0 saturated carbocycles. The summed E-state index contributed by atoms with van der Waals surface area (Å²) in [6.07, 6.45) is 1.71. The fourth-order valence-corrected chi connectivity index (χ4v) is 3.87. The third kappa shape index (κ3) is 3.58. The van der Waals surface area contributed by atoms with Crippen LogP contribution in [0, 0.1) is 12.8 Å². The summed E-state index contributed by atoms with van der Waals surface area (Å²) in [5, 5.41) is 9.91. The van der Waals surface area contributed by atoms with Crippen LogP contribution < -0.4 is 5.43 Å². The molecular formula is C23H24N2O3. The maximum Gasteiger partial charge on any atom is 0.253 e. The van der Waals surface area contributed by atoms with E-state index in [2.05, 4.69) is 4.98 Å². The van der Waals surface area contributed by atoms with E-state index >= 15 is 0 Å². The molecule has 0 unspecified atom stereocenters. The molecule has 2 N–H and O–H groups in total. The van der Waals surface area contributed by atoms with Gasteiger partial charge in [0.1, 0.15) is 0 Å². The lowest BCUT2D eigenvalue weighted by molar-refractivity contribution is 0.0651. The van der Waals surface area contributed by atoms with Crippen LogP contribution in [-0.4, -0.2) is 40.6 Å². The zero-order valence-electron chi connectivity index (χ0n) is 15.9.